The van der Waals surface area contributed by atoms with Crippen LogP contribution in [0.15, 0.2) is 24.3 Å². The number of carbonyl (C=O) groups is 1. The summed E-state index contributed by atoms with van der Waals surface area (Å²) < 4.78 is 27.6. The van der Waals surface area contributed by atoms with Crippen LogP contribution in [0.5, 0.6) is 0 Å². The molecule has 20 heavy (non-hydrogen) atoms. The molecule has 0 fully saturated rings. The predicted octanol–water partition coefficient (Wildman–Crippen LogP) is 3.70. The van der Waals surface area contributed by atoms with Crippen LogP contribution >= 0.6 is 0 Å². The highest BCUT2D eigenvalue weighted by Gasteiger charge is 2.18. The van der Waals surface area contributed by atoms with Crippen molar-refractivity contribution in [2.75, 3.05) is 5.73 Å². The van der Waals surface area contributed by atoms with Crippen molar-refractivity contribution < 1.29 is 13.6 Å². The molecule has 2 nitrogen and oxygen atoms in total. The van der Waals surface area contributed by atoms with E-state index in [0.29, 0.717) is 22.4 Å². The summed E-state index contributed by atoms with van der Waals surface area (Å²) in [6, 6.07) is 5.61. The van der Waals surface area contributed by atoms with Crippen LogP contribution < -0.4 is 5.73 Å². The van der Waals surface area contributed by atoms with Crippen LogP contribution in [0.3, 0.4) is 0 Å². The summed E-state index contributed by atoms with van der Waals surface area (Å²) in [5.74, 6) is -1.45. The predicted molar refractivity (Wildman–Crippen MR) is 74.9 cm³/mol. The van der Waals surface area contributed by atoms with Crippen molar-refractivity contribution in [2.24, 2.45) is 0 Å². The number of halogens is 2. The third-order valence-electron chi connectivity index (χ3n) is 3.22. The second kappa shape index (κ2) is 5.04. The van der Waals surface area contributed by atoms with Gasteiger partial charge in [0.1, 0.15) is 11.6 Å². The lowest BCUT2D eigenvalue weighted by Crippen LogP contribution is -2.08. The molecule has 0 aliphatic heterocycles. The first kappa shape index (κ1) is 14.2. The summed E-state index contributed by atoms with van der Waals surface area (Å²) >= 11 is 0. The van der Waals surface area contributed by atoms with E-state index in [-0.39, 0.29) is 16.9 Å². The second-order valence-corrected chi connectivity index (χ2v) is 4.95. The Hall–Kier alpha value is -2.23. The second-order valence-electron chi connectivity index (χ2n) is 4.95. The van der Waals surface area contributed by atoms with Gasteiger partial charge in [-0.15, -0.1) is 0 Å². The Morgan fingerprint density at radius 3 is 1.95 bits per heavy atom. The number of ketones is 1. The molecule has 4 heteroatoms. The fourth-order valence-electron chi connectivity index (χ4n) is 2.20. The van der Waals surface area contributed by atoms with Crippen LogP contribution in [0, 0.1) is 32.4 Å². The largest absolute Gasteiger partial charge is 0.399 e. The topological polar surface area (TPSA) is 43.1 Å². The highest BCUT2D eigenvalue weighted by Crippen LogP contribution is 2.22. The van der Waals surface area contributed by atoms with Crippen LogP contribution in [0.25, 0.3) is 0 Å². The van der Waals surface area contributed by atoms with Gasteiger partial charge in [-0.1, -0.05) is 0 Å². The van der Waals surface area contributed by atoms with Crippen molar-refractivity contribution >= 4 is 11.5 Å². The van der Waals surface area contributed by atoms with E-state index in [1.165, 1.54) is 24.3 Å². The molecule has 0 aromatic heterocycles. The molecule has 2 rings (SSSR count). The number of benzene rings is 2. The van der Waals surface area contributed by atoms with Gasteiger partial charge in [0.2, 0.25) is 0 Å². The van der Waals surface area contributed by atoms with Crippen molar-refractivity contribution in [3.05, 3.63) is 63.7 Å². The summed E-state index contributed by atoms with van der Waals surface area (Å²) in [6.45, 7) is 4.68. The van der Waals surface area contributed by atoms with E-state index in [2.05, 4.69) is 0 Å². The normalized spacial score (nSPS) is 10.7. The van der Waals surface area contributed by atoms with Gasteiger partial charge in [-0.2, -0.15) is 0 Å². The average molecular weight is 275 g/mol. The van der Waals surface area contributed by atoms with Crippen molar-refractivity contribution in [2.45, 2.75) is 20.8 Å². The van der Waals surface area contributed by atoms with E-state index in [0.717, 1.165) is 0 Å². The van der Waals surface area contributed by atoms with Crippen LogP contribution in [0.2, 0.25) is 0 Å². The molecule has 0 saturated carbocycles. The standard InChI is InChI=1S/C16H15F2NO/c1-8-4-11(5-9(2)14(8)17)16(20)13-7-12(19)6-10(3)15(13)18/h4-7H,19H2,1-3H3. The number of hydrogen-bond donors (Lipinski definition) is 1. The number of carbonyl (C=O) groups excluding carboxylic acids is 1. The molecule has 0 bridgehead atoms. The number of nitrogens with two attached hydrogens (primary N) is 1. The molecule has 0 saturated heterocycles. The number of hydrogen-bond acceptors (Lipinski definition) is 2. The first-order chi connectivity index (χ1) is 9.31. The molecular weight excluding hydrogens is 260 g/mol. The minimum atomic E-state index is -0.594. The Kier molecular flexibility index (Phi) is 3.57. The molecule has 2 N–H and O–H groups in total. The zero-order valence-corrected chi connectivity index (χ0v) is 11.6. The monoisotopic (exact) mass is 275 g/mol. The summed E-state index contributed by atoms with van der Waals surface area (Å²) in [5.41, 5.74) is 7.16. The number of aryl methyl sites for hydroxylation is 3. The molecule has 2 aromatic carbocycles. The highest BCUT2D eigenvalue weighted by atomic mass is 19.1. The van der Waals surface area contributed by atoms with Crippen molar-refractivity contribution in [1.29, 1.82) is 0 Å². The van der Waals surface area contributed by atoms with Crippen LogP contribution in [0.1, 0.15) is 32.6 Å². The SMILES string of the molecule is Cc1cc(C(=O)c2cc(N)cc(C)c2F)cc(C)c1F. The minimum absolute atomic E-state index is 0.0899. The summed E-state index contributed by atoms with van der Waals surface area (Å²) in [7, 11) is 0. The van der Waals surface area contributed by atoms with Crippen molar-refractivity contribution in [3.63, 3.8) is 0 Å². The van der Waals surface area contributed by atoms with Gasteiger partial charge in [0.25, 0.3) is 0 Å². The van der Waals surface area contributed by atoms with Crippen LogP contribution in [0.4, 0.5) is 14.5 Å². The number of nitrogen functional groups attached to an aromatic ring is 1. The van der Waals surface area contributed by atoms with E-state index in [1.807, 2.05) is 0 Å². The van der Waals surface area contributed by atoms with Crippen LogP contribution in [-0.2, 0) is 0 Å². The first-order valence-corrected chi connectivity index (χ1v) is 6.18. The average Bonchev–Trinajstić information content (AvgIpc) is 2.38. The molecule has 0 aliphatic rings. The maximum atomic E-state index is 14.0. The molecule has 104 valence electrons. The fraction of sp³-hybridized carbons (Fsp3) is 0.188. The van der Waals surface area contributed by atoms with E-state index in [9.17, 15) is 13.6 Å². The summed E-state index contributed by atoms with van der Waals surface area (Å²) in [5, 5.41) is 0. The van der Waals surface area contributed by atoms with Gasteiger partial charge in [0.15, 0.2) is 5.78 Å². The summed E-state index contributed by atoms with van der Waals surface area (Å²) in [4.78, 5) is 12.4. The third kappa shape index (κ3) is 2.41. The Morgan fingerprint density at radius 2 is 1.40 bits per heavy atom. The molecule has 0 unspecified atom stereocenters. The number of rotatable bonds is 2. The Bertz CT molecular complexity index is 685. The smallest absolute Gasteiger partial charge is 0.196 e. The quantitative estimate of drug-likeness (QED) is 0.670. The van der Waals surface area contributed by atoms with Gasteiger partial charge in [-0.05, 0) is 61.7 Å². The van der Waals surface area contributed by atoms with Gasteiger partial charge in [-0.3, -0.25) is 4.79 Å². The molecule has 0 heterocycles. The Balaban J connectivity index is 2.58. The van der Waals surface area contributed by atoms with E-state index in [4.69, 9.17) is 5.73 Å². The Labute approximate surface area is 116 Å². The van der Waals surface area contributed by atoms with E-state index in [1.54, 1.807) is 20.8 Å². The van der Waals surface area contributed by atoms with Gasteiger partial charge in [0.05, 0.1) is 5.56 Å². The highest BCUT2D eigenvalue weighted by molar-refractivity contribution is 6.10. The summed E-state index contributed by atoms with van der Waals surface area (Å²) in [6.07, 6.45) is 0. The van der Waals surface area contributed by atoms with Gasteiger partial charge < -0.3 is 5.73 Å². The Morgan fingerprint density at radius 1 is 0.900 bits per heavy atom. The molecule has 0 amide bonds. The molecule has 0 atom stereocenters. The minimum Gasteiger partial charge on any atom is -0.399 e. The molecule has 0 radical (unpaired) electrons. The molecule has 0 aliphatic carbocycles. The van der Waals surface area contributed by atoms with E-state index < -0.39 is 11.6 Å². The van der Waals surface area contributed by atoms with Gasteiger partial charge in [-0.25, -0.2) is 8.78 Å². The number of anilines is 1. The van der Waals surface area contributed by atoms with Crippen LogP contribution in [-0.4, -0.2) is 5.78 Å². The lowest BCUT2D eigenvalue weighted by molar-refractivity contribution is 0.103. The fourth-order valence-corrected chi connectivity index (χ4v) is 2.20. The molecule has 0 spiro atoms. The van der Waals surface area contributed by atoms with E-state index >= 15 is 0 Å². The third-order valence-corrected chi connectivity index (χ3v) is 3.22. The van der Waals surface area contributed by atoms with Crippen molar-refractivity contribution in [3.8, 4) is 0 Å². The maximum Gasteiger partial charge on any atom is 0.196 e. The lowest BCUT2D eigenvalue weighted by atomic mass is 9.97. The lowest BCUT2D eigenvalue weighted by Gasteiger charge is -2.09. The van der Waals surface area contributed by atoms with Gasteiger partial charge in [0, 0.05) is 11.3 Å². The zero-order valence-electron chi connectivity index (χ0n) is 11.6. The van der Waals surface area contributed by atoms with Crippen molar-refractivity contribution in [1.82, 2.24) is 0 Å². The molecular formula is C16H15F2NO. The maximum absolute atomic E-state index is 14.0. The molecule has 2 aromatic rings. The van der Waals surface area contributed by atoms with Gasteiger partial charge >= 0.3 is 0 Å². The first-order valence-electron chi connectivity index (χ1n) is 6.18. The zero-order chi connectivity index (χ0) is 15.0.